The monoisotopic (exact) mass is 474 g/mol. The zero-order chi connectivity index (χ0) is 24.4. The summed E-state index contributed by atoms with van der Waals surface area (Å²) >= 11 is 0. The minimum Gasteiger partial charge on any atom is -0.343 e. The molecule has 0 aromatic heterocycles. The molecule has 2 aromatic rings. The van der Waals surface area contributed by atoms with Gasteiger partial charge in [-0.1, -0.05) is 55.3 Å². The molecule has 1 aliphatic carbocycles. The number of rotatable bonds is 5. The number of piperidine rings is 1. The molecule has 7 nitrogen and oxygen atoms in total. The Kier molecular flexibility index (Phi) is 6.86. The molecule has 3 N–H and O–H groups in total. The Balaban J connectivity index is 1.20. The fraction of sp³-hybridized carbons (Fsp3) is 0.464. The van der Waals surface area contributed by atoms with Gasteiger partial charge in [-0.15, -0.1) is 0 Å². The first-order valence-electron chi connectivity index (χ1n) is 12.8. The van der Waals surface area contributed by atoms with E-state index in [1.54, 1.807) is 11.8 Å². The number of nitrogens with one attached hydrogen (secondary N) is 3. The van der Waals surface area contributed by atoms with E-state index in [9.17, 15) is 14.4 Å². The van der Waals surface area contributed by atoms with Crippen LogP contribution in [-0.2, 0) is 20.8 Å². The minimum atomic E-state index is -0.692. The number of carbonyl (C=O) groups is 3. The lowest BCUT2D eigenvalue weighted by Crippen LogP contribution is -2.58. The van der Waals surface area contributed by atoms with Gasteiger partial charge in [0.2, 0.25) is 17.7 Å². The SMILES string of the molecule is C[C@H](NC(=O)C1CCC2CCCCC2N1)C(=O)NCN1C(=O)Cc2ccccc2-c2ccccc21. The number of nitrogens with zero attached hydrogens (tertiary/aromatic N) is 1. The van der Waals surface area contributed by atoms with Crippen LogP contribution in [0.25, 0.3) is 11.1 Å². The maximum atomic E-state index is 13.1. The maximum absolute atomic E-state index is 13.1. The van der Waals surface area contributed by atoms with Crippen LogP contribution >= 0.6 is 0 Å². The van der Waals surface area contributed by atoms with Crippen LogP contribution in [-0.4, -0.2) is 42.5 Å². The molecule has 1 saturated carbocycles. The van der Waals surface area contributed by atoms with Gasteiger partial charge in [0.1, 0.15) is 6.04 Å². The van der Waals surface area contributed by atoms with E-state index in [-0.39, 0.29) is 36.9 Å². The molecule has 0 radical (unpaired) electrons. The van der Waals surface area contributed by atoms with Crippen LogP contribution in [0.1, 0.15) is 51.0 Å². The van der Waals surface area contributed by atoms with Gasteiger partial charge in [0.15, 0.2) is 0 Å². The molecule has 5 rings (SSSR count). The highest BCUT2D eigenvalue weighted by molar-refractivity contribution is 6.03. The number of amides is 3. The zero-order valence-corrected chi connectivity index (χ0v) is 20.3. The highest BCUT2D eigenvalue weighted by atomic mass is 16.2. The summed E-state index contributed by atoms with van der Waals surface area (Å²) in [6, 6.07) is 15.1. The van der Waals surface area contributed by atoms with Crippen molar-refractivity contribution in [3.63, 3.8) is 0 Å². The van der Waals surface area contributed by atoms with Crippen LogP contribution in [0.4, 0.5) is 5.69 Å². The Morgan fingerprint density at radius 2 is 1.74 bits per heavy atom. The molecule has 7 heteroatoms. The smallest absolute Gasteiger partial charge is 0.243 e. The van der Waals surface area contributed by atoms with E-state index in [1.165, 1.54) is 19.3 Å². The van der Waals surface area contributed by atoms with Gasteiger partial charge in [-0.3, -0.25) is 19.3 Å². The molecule has 1 saturated heterocycles. The summed E-state index contributed by atoms with van der Waals surface area (Å²) in [4.78, 5) is 40.5. The van der Waals surface area contributed by atoms with Crippen molar-refractivity contribution in [3.8, 4) is 11.1 Å². The predicted octanol–water partition coefficient (Wildman–Crippen LogP) is 3.13. The molecule has 2 heterocycles. The molecular weight excluding hydrogens is 440 g/mol. The van der Waals surface area contributed by atoms with Gasteiger partial charge in [0, 0.05) is 11.6 Å². The normalized spacial score (nSPS) is 24.3. The van der Waals surface area contributed by atoms with Gasteiger partial charge in [-0.25, -0.2) is 0 Å². The first kappa shape index (κ1) is 23.5. The first-order valence-corrected chi connectivity index (χ1v) is 12.8. The molecule has 2 fully saturated rings. The van der Waals surface area contributed by atoms with Crippen LogP contribution in [0.2, 0.25) is 0 Å². The number of hydrogen-bond acceptors (Lipinski definition) is 4. The van der Waals surface area contributed by atoms with Crippen molar-refractivity contribution in [2.24, 2.45) is 5.92 Å². The minimum absolute atomic E-state index is 0.0499. The number of carbonyl (C=O) groups excluding carboxylic acids is 3. The Labute approximate surface area is 206 Å². The molecule has 3 amide bonds. The van der Waals surface area contributed by atoms with E-state index in [4.69, 9.17) is 0 Å². The average molecular weight is 475 g/mol. The van der Waals surface area contributed by atoms with Crippen molar-refractivity contribution < 1.29 is 14.4 Å². The van der Waals surface area contributed by atoms with Crippen molar-refractivity contribution in [1.29, 1.82) is 0 Å². The number of anilines is 1. The van der Waals surface area contributed by atoms with Crippen LogP contribution in [0, 0.1) is 5.92 Å². The molecule has 3 aliphatic rings. The third kappa shape index (κ3) is 4.96. The molecule has 3 unspecified atom stereocenters. The lowest BCUT2D eigenvalue weighted by Gasteiger charge is -2.40. The van der Waals surface area contributed by atoms with E-state index in [1.807, 2.05) is 48.5 Å². The fourth-order valence-electron chi connectivity index (χ4n) is 5.83. The van der Waals surface area contributed by atoms with E-state index in [0.717, 1.165) is 41.6 Å². The van der Waals surface area contributed by atoms with Crippen molar-refractivity contribution >= 4 is 23.4 Å². The summed E-state index contributed by atoms with van der Waals surface area (Å²) < 4.78 is 0. The summed E-state index contributed by atoms with van der Waals surface area (Å²) in [5.74, 6) is 0.168. The van der Waals surface area contributed by atoms with Crippen molar-refractivity contribution in [2.45, 2.75) is 70.0 Å². The molecule has 0 bridgehead atoms. The number of fused-ring (bicyclic) bond motifs is 4. The van der Waals surface area contributed by atoms with Crippen LogP contribution in [0.15, 0.2) is 48.5 Å². The van der Waals surface area contributed by atoms with Gasteiger partial charge >= 0.3 is 0 Å². The summed E-state index contributed by atoms with van der Waals surface area (Å²) in [6.07, 6.45) is 7.00. The van der Waals surface area contributed by atoms with Gasteiger partial charge in [0.25, 0.3) is 0 Å². The second-order valence-electron chi connectivity index (χ2n) is 10.0. The molecule has 35 heavy (non-hydrogen) atoms. The van der Waals surface area contributed by atoms with E-state index >= 15 is 0 Å². The first-order chi connectivity index (χ1) is 17.0. The summed E-state index contributed by atoms with van der Waals surface area (Å²) in [5.41, 5.74) is 3.74. The second kappa shape index (κ2) is 10.2. The van der Waals surface area contributed by atoms with E-state index in [2.05, 4.69) is 16.0 Å². The fourth-order valence-corrected chi connectivity index (χ4v) is 5.83. The lowest BCUT2D eigenvalue weighted by atomic mass is 9.77. The largest absolute Gasteiger partial charge is 0.343 e. The third-order valence-corrected chi connectivity index (χ3v) is 7.78. The van der Waals surface area contributed by atoms with Gasteiger partial charge in [0.05, 0.1) is 24.8 Å². The molecule has 184 valence electrons. The molecule has 2 aliphatic heterocycles. The van der Waals surface area contributed by atoms with Gasteiger partial charge in [-0.2, -0.15) is 0 Å². The molecule has 4 atom stereocenters. The number of hydrogen-bond donors (Lipinski definition) is 3. The third-order valence-electron chi connectivity index (χ3n) is 7.78. The standard InChI is InChI=1S/C28H34N4O3/c1-18(30-28(35)24-15-14-19-8-3-6-12-23(19)31-24)27(34)29-17-32-25-13-7-5-11-22(25)21-10-4-2-9-20(21)16-26(32)33/h2,4-5,7,9-11,13,18-19,23-24,31H,3,6,8,12,14-17H2,1H3,(H,29,34)(H,30,35)/t18-,19?,23?,24?/m0/s1. The highest BCUT2D eigenvalue weighted by Crippen LogP contribution is 2.36. The van der Waals surface area contributed by atoms with Crippen LogP contribution in [0.5, 0.6) is 0 Å². The Bertz CT molecular complexity index is 1120. The molecule has 2 aromatic carbocycles. The van der Waals surface area contributed by atoms with Crippen molar-refractivity contribution in [1.82, 2.24) is 16.0 Å². The van der Waals surface area contributed by atoms with Crippen molar-refractivity contribution in [2.75, 3.05) is 11.6 Å². The van der Waals surface area contributed by atoms with E-state index < -0.39 is 6.04 Å². The predicted molar refractivity (Wildman–Crippen MR) is 136 cm³/mol. The van der Waals surface area contributed by atoms with Crippen LogP contribution < -0.4 is 20.9 Å². The Hall–Kier alpha value is -3.19. The average Bonchev–Trinajstić information content (AvgIpc) is 3.00. The van der Waals surface area contributed by atoms with Gasteiger partial charge < -0.3 is 16.0 Å². The number of para-hydroxylation sites is 1. The summed E-state index contributed by atoms with van der Waals surface area (Å²) in [6.45, 7) is 1.74. The summed E-state index contributed by atoms with van der Waals surface area (Å²) in [7, 11) is 0. The quantitative estimate of drug-likeness (QED) is 0.621. The number of benzene rings is 2. The Morgan fingerprint density at radius 1 is 1.00 bits per heavy atom. The highest BCUT2D eigenvalue weighted by Gasteiger charge is 2.35. The Morgan fingerprint density at radius 3 is 2.60 bits per heavy atom. The summed E-state index contributed by atoms with van der Waals surface area (Å²) in [5, 5.41) is 9.25. The molecular formula is C28H34N4O3. The van der Waals surface area contributed by atoms with E-state index in [0.29, 0.717) is 12.0 Å². The van der Waals surface area contributed by atoms with Gasteiger partial charge in [-0.05, 0) is 55.7 Å². The maximum Gasteiger partial charge on any atom is 0.243 e. The molecule has 0 spiro atoms. The second-order valence-corrected chi connectivity index (χ2v) is 10.0. The topological polar surface area (TPSA) is 90.5 Å². The van der Waals surface area contributed by atoms with Crippen LogP contribution in [0.3, 0.4) is 0 Å². The van der Waals surface area contributed by atoms with Crippen molar-refractivity contribution in [3.05, 3.63) is 54.1 Å². The zero-order valence-electron chi connectivity index (χ0n) is 20.3. The lowest BCUT2D eigenvalue weighted by molar-refractivity contribution is -0.130.